The lowest BCUT2D eigenvalue weighted by Gasteiger charge is -2.11. The molecule has 0 aliphatic carbocycles. The second-order valence-corrected chi connectivity index (χ2v) is 2.63. The lowest BCUT2D eigenvalue weighted by Crippen LogP contribution is -2.14. The van der Waals surface area contributed by atoms with E-state index in [1.165, 1.54) is 6.07 Å². The van der Waals surface area contributed by atoms with E-state index in [4.69, 9.17) is 21.1 Å². The Morgan fingerprint density at radius 1 is 1.38 bits per heavy atom. The highest BCUT2D eigenvalue weighted by molar-refractivity contribution is 5.42. The third-order valence-corrected chi connectivity index (χ3v) is 1.72. The normalized spacial score (nSPS) is 12.8. The molecular weight excluding hydrogens is 177 g/mol. The van der Waals surface area contributed by atoms with E-state index in [1.807, 2.05) is 0 Å². The number of hydrogen-bond acceptors (Lipinski definition) is 4. The van der Waals surface area contributed by atoms with Gasteiger partial charge in [-0.15, -0.1) is 0 Å². The maximum atomic E-state index is 12.9. The fraction of sp³-hybridized carbons (Fsp3) is 0.250. The number of nitrogens with two attached hydrogens (primary N) is 1. The van der Waals surface area contributed by atoms with Crippen molar-refractivity contribution in [2.75, 3.05) is 6.61 Å². The van der Waals surface area contributed by atoms with Crippen molar-refractivity contribution in [3.8, 4) is 11.5 Å². The summed E-state index contributed by atoms with van der Waals surface area (Å²) in [5, 5.41) is 26.6. The van der Waals surface area contributed by atoms with Crippen molar-refractivity contribution in [1.82, 2.24) is 0 Å². The first-order chi connectivity index (χ1) is 6.07. The second kappa shape index (κ2) is 3.59. The molecule has 0 saturated heterocycles. The molecule has 0 radical (unpaired) electrons. The highest BCUT2D eigenvalue weighted by atomic mass is 19.1. The molecule has 1 aromatic carbocycles. The largest absolute Gasteiger partial charge is 0.505 e. The molecule has 72 valence electrons. The molecule has 13 heavy (non-hydrogen) atoms. The number of aliphatic hydroxyl groups excluding tert-OH is 1. The summed E-state index contributed by atoms with van der Waals surface area (Å²) in [5.41, 5.74) is 5.42. The fourth-order valence-corrected chi connectivity index (χ4v) is 0.966. The quantitative estimate of drug-likeness (QED) is 0.533. The minimum absolute atomic E-state index is 0.0674. The van der Waals surface area contributed by atoms with Crippen LogP contribution in [0.4, 0.5) is 4.39 Å². The molecule has 1 rings (SSSR count). The van der Waals surface area contributed by atoms with Crippen LogP contribution >= 0.6 is 0 Å². The summed E-state index contributed by atoms with van der Waals surface area (Å²) in [6.45, 7) is -0.405. The Kier molecular flexibility index (Phi) is 2.69. The van der Waals surface area contributed by atoms with Crippen molar-refractivity contribution in [3.05, 3.63) is 23.5 Å². The van der Waals surface area contributed by atoms with Crippen LogP contribution in [0.2, 0.25) is 0 Å². The van der Waals surface area contributed by atoms with Gasteiger partial charge >= 0.3 is 0 Å². The highest BCUT2D eigenvalue weighted by Gasteiger charge is 2.16. The van der Waals surface area contributed by atoms with Crippen molar-refractivity contribution < 1.29 is 19.7 Å². The van der Waals surface area contributed by atoms with E-state index in [0.29, 0.717) is 0 Å². The molecule has 0 aromatic heterocycles. The Balaban J connectivity index is 3.18. The van der Waals surface area contributed by atoms with E-state index in [-0.39, 0.29) is 5.56 Å². The summed E-state index contributed by atoms with van der Waals surface area (Å²) in [6, 6.07) is 1.48. The van der Waals surface area contributed by atoms with Crippen LogP contribution in [0.3, 0.4) is 0 Å². The first kappa shape index (κ1) is 9.76. The van der Waals surface area contributed by atoms with Gasteiger partial charge in [0.15, 0.2) is 11.5 Å². The van der Waals surface area contributed by atoms with E-state index in [1.54, 1.807) is 0 Å². The van der Waals surface area contributed by atoms with Crippen LogP contribution in [-0.2, 0) is 0 Å². The third-order valence-electron chi connectivity index (χ3n) is 1.72. The molecule has 0 aliphatic rings. The maximum Gasteiger partial charge on any atom is 0.206 e. The van der Waals surface area contributed by atoms with Crippen LogP contribution in [0, 0.1) is 5.82 Å². The van der Waals surface area contributed by atoms with Gasteiger partial charge in [0.05, 0.1) is 12.6 Å². The topological polar surface area (TPSA) is 86.7 Å². The van der Waals surface area contributed by atoms with E-state index >= 15 is 0 Å². The van der Waals surface area contributed by atoms with Gasteiger partial charge in [0.1, 0.15) is 0 Å². The molecule has 1 aromatic rings. The first-order valence-electron chi connectivity index (χ1n) is 3.64. The van der Waals surface area contributed by atoms with Crippen LogP contribution < -0.4 is 5.73 Å². The number of phenolic OH excluding ortho intramolecular Hbond substituents is 2. The van der Waals surface area contributed by atoms with Crippen LogP contribution in [-0.4, -0.2) is 21.9 Å². The standard InChI is InChI=1S/C8H10FNO3/c9-7-6(12)2-1-4(8(7)13)5(10)3-11/h1-2,5,11-13H,3,10H2/t5-/m1/s1. The second-order valence-electron chi connectivity index (χ2n) is 2.63. The molecule has 0 saturated carbocycles. The SMILES string of the molecule is N[C@H](CO)c1ccc(O)c(F)c1O. The zero-order valence-electron chi connectivity index (χ0n) is 6.74. The van der Waals surface area contributed by atoms with Gasteiger partial charge in [0, 0.05) is 5.56 Å². The summed E-state index contributed by atoms with van der Waals surface area (Å²) in [7, 11) is 0. The lowest BCUT2D eigenvalue weighted by molar-refractivity contribution is 0.263. The smallest absolute Gasteiger partial charge is 0.206 e. The van der Waals surface area contributed by atoms with E-state index in [0.717, 1.165) is 6.07 Å². The molecule has 0 unspecified atom stereocenters. The van der Waals surface area contributed by atoms with E-state index in [9.17, 15) is 4.39 Å². The van der Waals surface area contributed by atoms with Gasteiger partial charge in [-0.1, -0.05) is 0 Å². The third kappa shape index (κ3) is 1.71. The Bertz CT molecular complexity index is 317. The molecule has 0 spiro atoms. The molecule has 4 nitrogen and oxygen atoms in total. The van der Waals surface area contributed by atoms with Gasteiger partial charge in [-0.3, -0.25) is 0 Å². The van der Waals surface area contributed by atoms with Crippen LogP contribution in [0.15, 0.2) is 12.1 Å². The average molecular weight is 187 g/mol. The first-order valence-corrected chi connectivity index (χ1v) is 3.64. The van der Waals surface area contributed by atoms with Gasteiger partial charge in [-0.25, -0.2) is 0 Å². The number of phenols is 2. The van der Waals surface area contributed by atoms with Gasteiger partial charge < -0.3 is 21.1 Å². The molecule has 5 N–H and O–H groups in total. The number of aromatic hydroxyl groups is 2. The summed E-state index contributed by atoms with van der Waals surface area (Å²) in [4.78, 5) is 0. The maximum absolute atomic E-state index is 12.9. The van der Waals surface area contributed by atoms with Crippen LogP contribution in [0.25, 0.3) is 0 Å². The molecule has 0 amide bonds. The van der Waals surface area contributed by atoms with Gasteiger partial charge in [-0.05, 0) is 12.1 Å². The van der Waals surface area contributed by atoms with Gasteiger partial charge in [-0.2, -0.15) is 4.39 Å². The fourth-order valence-electron chi connectivity index (χ4n) is 0.966. The number of hydrogen-bond donors (Lipinski definition) is 4. The predicted molar refractivity (Wildman–Crippen MR) is 43.7 cm³/mol. The highest BCUT2D eigenvalue weighted by Crippen LogP contribution is 2.31. The van der Waals surface area contributed by atoms with E-state index in [2.05, 4.69) is 0 Å². The van der Waals surface area contributed by atoms with Crippen molar-refractivity contribution in [1.29, 1.82) is 0 Å². The summed E-state index contributed by atoms with van der Waals surface area (Å²) >= 11 is 0. The molecule has 0 fully saturated rings. The summed E-state index contributed by atoms with van der Waals surface area (Å²) < 4.78 is 12.9. The predicted octanol–water partition coefficient (Wildman–Crippen LogP) is 0.229. The number of halogens is 1. The summed E-state index contributed by atoms with van der Waals surface area (Å²) in [6.07, 6.45) is 0. The minimum atomic E-state index is -1.12. The zero-order valence-corrected chi connectivity index (χ0v) is 6.74. The minimum Gasteiger partial charge on any atom is -0.505 e. The van der Waals surface area contributed by atoms with Crippen molar-refractivity contribution in [3.63, 3.8) is 0 Å². The summed E-state index contributed by atoms with van der Waals surface area (Å²) in [5.74, 6) is -2.49. The molecule has 0 heterocycles. The van der Waals surface area contributed by atoms with Crippen molar-refractivity contribution >= 4 is 0 Å². The Hall–Kier alpha value is -1.33. The van der Waals surface area contributed by atoms with Crippen LogP contribution in [0.1, 0.15) is 11.6 Å². The number of aliphatic hydroxyl groups is 1. The molecule has 5 heteroatoms. The number of rotatable bonds is 2. The zero-order chi connectivity index (χ0) is 10.0. The molecule has 0 bridgehead atoms. The van der Waals surface area contributed by atoms with Gasteiger partial charge in [0.25, 0.3) is 0 Å². The molecule has 0 aliphatic heterocycles. The average Bonchev–Trinajstić information content (AvgIpc) is 2.13. The van der Waals surface area contributed by atoms with E-state index < -0.39 is 30.0 Å². The Morgan fingerprint density at radius 3 is 2.54 bits per heavy atom. The molecule has 1 atom stereocenters. The van der Waals surface area contributed by atoms with Gasteiger partial charge in [0.2, 0.25) is 5.82 Å². The Labute approximate surface area is 74.0 Å². The number of benzene rings is 1. The molecular formula is C8H10FNO3. The van der Waals surface area contributed by atoms with Crippen molar-refractivity contribution in [2.45, 2.75) is 6.04 Å². The van der Waals surface area contributed by atoms with Crippen LogP contribution in [0.5, 0.6) is 11.5 Å². The lowest BCUT2D eigenvalue weighted by atomic mass is 10.1. The monoisotopic (exact) mass is 187 g/mol. The van der Waals surface area contributed by atoms with Crippen molar-refractivity contribution in [2.24, 2.45) is 5.73 Å². The Morgan fingerprint density at radius 2 is 2.00 bits per heavy atom.